The lowest BCUT2D eigenvalue weighted by molar-refractivity contribution is -0.385. The van der Waals surface area contributed by atoms with Crippen molar-refractivity contribution in [1.29, 1.82) is 0 Å². The Labute approximate surface area is 124 Å². The first kappa shape index (κ1) is 16.9. The van der Waals surface area contributed by atoms with Gasteiger partial charge in [-0.15, -0.1) is 0 Å². The fourth-order valence-corrected chi connectivity index (χ4v) is 2.14. The van der Waals surface area contributed by atoms with E-state index in [1.54, 1.807) is 0 Å². The Kier molecular flexibility index (Phi) is 6.65. The van der Waals surface area contributed by atoms with Crippen LogP contribution < -0.4 is 5.32 Å². The molecule has 1 rings (SSSR count). The quantitative estimate of drug-likeness (QED) is 0.568. The molecule has 0 radical (unpaired) electrons. The highest BCUT2D eigenvalue weighted by Gasteiger charge is 2.21. The number of amides is 1. The van der Waals surface area contributed by atoms with Gasteiger partial charge in [-0.05, 0) is 18.4 Å². The first-order chi connectivity index (χ1) is 10.0. The summed E-state index contributed by atoms with van der Waals surface area (Å²) in [5.41, 5.74) is -0.518. The second kappa shape index (κ2) is 8.24. The van der Waals surface area contributed by atoms with Crippen molar-refractivity contribution in [2.75, 3.05) is 6.54 Å². The average molecular weight is 294 g/mol. The minimum Gasteiger partial charge on any atom is -0.502 e. The summed E-state index contributed by atoms with van der Waals surface area (Å²) in [5, 5.41) is 23.3. The molecule has 0 aromatic heterocycles. The summed E-state index contributed by atoms with van der Waals surface area (Å²) in [5.74, 6) is -0.678. The molecule has 1 aromatic carbocycles. The maximum absolute atomic E-state index is 12.0. The van der Waals surface area contributed by atoms with E-state index in [2.05, 4.69) is 19.2 Å². The molecule has 6 nitrogen and oxygen atoms in total. The maximum atomic E-state index is 12.0. The molecule has 0 saturated carbocycles. The van der Waals surface area contributed by atoms with Gasteiger partial charge in [0.1, 0.15) is 0 Å². The van der Waals surface area contributed by atoms with Gasteiger partial charge < -0.3 is 10.4 Å². The molecule has 1 atom stereocenters. The smallest absolute Gasteiger partial charge is 0.311 e. The molecular formula is C15H22N2O4. The van der Waals surface area contributed by atoms with E-state index in [4.69, 9.17) is 0 Å². The molecule has 0 saturated heterocycles. The molecule has 0 aliphatic carbocycles. The van der Waals surface area contributed by atoms with Crippen molar-refractivity contribution >= 4 is 11.6 Å². The number of para-hydroxylation sites is 1. The van der Waals surface area contributed by atoms with Gasteiger partial charge in [0, 0.05) is 12.6 Å². The van der Waals surface area contributed by atoms with Gasteiger partial charge in [0.25, 0.3) is 5.91 Å². The van der Waals surface area contributed by atoms with E-state index in [1.807, 2.05) is 0 Å². The molecule has 0 aliphatic heterocycles. The second-order valence-corrected chi connectivity index (χ2v) is 5.06. The normalized spacial score (nSPS) is 11.9. The molecule has 0 aliphatic rings. The Morgan fingerprint density at radius 3 is 2.71 bits per heavy atom. The fraction of sp³-hybridized carbons (Fsp3) is 0.533. The molecule has 21 heavy (non-hydrogen) atoms. The molecule has 1 amide bonds. The van der Waals surface area contributed by atoms with Crippen LogP contribution in [0.4, 0.5) is 5.69 Å². The van der Waals surface area contributed by atoms with Crippen LogP contribution >= 0.6 is 0 Å². The number of hydrogen-bond donors (Lipinski definition) is 2. The number of rotatable bonds is 8. The molecule has 0 bridgehead atoms. The molecule has 1 unspecified atom stereocenters. The van der Waals surface area contributed by atoms with E-state index in [0.717, 1.165) is 25.7 Å². The number of nitrogens with zero attached hydrogens (tertiary/aromatic N) is 1. The predicted octanol–water partition coefficient (Wildman–Crippen LogP) is 3.25. The molecule has 116 valence electrons. The van der Waals surface area contributed by atoms with Crippen molar-refractivity contribution < 1.29 is 14.8 Å². The van der Waals surface area contributed by atoms with Gasteiger partial charge in [0.05, 0.1) is 10.5 Å². The lowest BCUT2D eigenvalue weighted by Crippen LogP contribution is -2.29. The Morgan fingerprint density at radius 1 is 1.43 bits per heavy atom. The van der Waals surface area contributed by atoms with E-state index in [9.17, 15) is 20.0 Å². The van der Waals surface area contributed by atoms with Crippen molar-refractivity contribution in [3.63, 3.8) is 0 Å². The highest BCUT2D eigenvalue weighted by molar-refractivity contribution is 5.98. The first-order valence-electron chi connectivity index (χ1n) is 7.25. The van der Waals surface area contributed by atoms with Crippen molar-refractivity contribution in [3.8, 4) is 5.75 Å². The molecule has 0 heterocycles. The Morgan fingerprint density at radius 2 is 2.14 bits per heavy atom. The number of phenols is 1. The van der Waals surface area contributed by atoms with Gasteiger partial charge in [0.15, 0.2) is 0 Å². The summed E-state index contributed by atoms with van der Waals surface area (Å²) in [6.07, 6.45) is 4.21. The minimum atomic E-state index is -0.706. The van der Waals surface area contributed by atoms with Gasteiger partial charge >= 0.3 is 5.69 Å². The summed E-state index contributed by atoms with van der Waals surface area (Å²) in [4.78, 5) is 22.1. The first-order valence-corrected chi connectivity index (χ1v) is 7.25. The van der Waals surface area contributed by atoms with Crippen LogP contribution in [0.5, 0.6) is 5.75 Å². The fourth-order valence-electron chi connectivity index (χ4n) is 2.14. The van der Waals surface area contributed by atoms with Crippen molar-refractivity contribution in [2.24, 2.45) is 5.92 Å². The van der Waals surface area contributed by atoms with Gasteiger partial charge in [-0.3, -0.25) is 14.9 Å². The highest BCUT2D eigenvalue weighted by Crippen LogP contribution is 2.29. The van der Waals surface area contributed by atoms with Crippen LogP contribution in [-0.2, 0) is 0 Å². The number of carbonyl (C=O) groups excluding carboxylic acids is 1. The zero-order valence-corrected chi connectivity index (χ0v) is 12.5. The van der Waals surface area contributed by atoms with E-state index >= 15 is 0 Å². The number of benzene rings is 1. The highest BCUT2D eigenvalue weighted by atomic mass is 16.6. The second-order valence-electron chi connectivity index (χ2n) is 5.06. The van der Waals surface area contributed by atoms with Crippen LogP contribution in [0.15, 0.2) is 18.2 Å². The van der Waals surface area contributed by atoms with Crippen molar-refractivity contribution in [1.82, 2.24) is 5.32 Å². The van der Waals surface area contributed by atoms with Crippen LogP contribution in [0.25, 0.3) is 0 Å². The zero-order valence-electron chi connectivity index (χ0n) is 12.5. The summed E-state index contributed by atoms with van der Waals surface area (Å²) in [7, 11) is 0. The Balaban J connectivity index is 2.72. The third-order valence-corrected chi connectivity index (χ3v) is 3.55. The summed E-state index contributed by atoms with van der Waals surface area (Å²) in [6.45, 7) is 4.70. The third kappa shape index (κ3) is 4.73. The third-order valence-electron chi connectivity index (χ3n) is 3.55. The maximum Gasteiger partial charge on any atom is 0.311 e. The van der Waals surface area contributed by atoms with Crippen LogP contribution in [0, 0.1) is 16.0 Å². The zero-order chi connectivity index (χ0) is 15.8. The van der Waals surface area contributed by atoms with Gasteiger partial charge in [-0.25, -0.2) is 0 Å². The SMILES string of the molecule is CCCCC(CC)CNC(=O)c1cccc([N+](=O)[O-])c1O. The van der Waals surface area contributed by atoms with E-state index in [0.29, 0.717) is 12.5 Å². The minimum absolute atomic E-state index is 0.0606. The van der Waals surface area contributed by atoms with Crippen LogP contribution in [0.1, 0.15) is 49.9 Å². The number of nitro groups is 1. The molecule has 0 fully saturated rings. The molecule has 2 N–H and O–H groups in total. The number of carbonyl (C=O) groups is 1. The number of unbranched alkanes of at least 4 members (excludes halogenated alkanes) is 1. The van der Waals surface area contributed by atoms with Gasteiger partial charge in [-0.2, -0.15) is 0 Å². The Hall–Kier alpha value is -2.11. The molecule has 0 spiro atoms. The lowest BCUT2D eigenvalue weighted by atomic mass is 9.99. The summed E-state index contributed by atoms with van der Waals surface area (Å²) >= 11 is 0. The van der Waals surface area contributed by atoms with E-state index in [1.165, 1.54) is 18.2 Å². The standard InChI is InChI=1S/C15H22N2O4/c1-3-5-7-11(4-2)10-16-15(19)12-8-6-9-13(14(12)18)17(20)21/h6,8-9,11,18H,3-5,7,10H2,1-2H3,(H,16,19). The number of nitro benzene ring substituents is 1. The molecular weight excluding hydrogens is 272 g/mol. The van der Waals surface area contributed by atoms with Crippen LogP contribution in [0.2, 0.25) is 0 Å². The van der Waals surface area contributed by atoms with E-state index in [-0.39, 0.29) is 5.56 Å². The average Bonchev–Trinajstić information content (AvgIpc) is 2.47. The molecule has 6 heteroatoms. The van der Waals surface area contributed by atoms with Crippen molar-refractivity contribution in [3.05, 3.63) is 33.9 Å². The summed E-state index contributed by atoms with van der Waals surface area (Å²) in [6, 6.07) is 3.94. The summed E-state index contributed by atoms with van der Waals surface area (Å²) < 4.78 is 0. The number of phenolic OH excluding ortho intramolecular Hbond substituents is 1. The van der Waals surface area contributed by atoms with Gasteiger partial charge in [0.2, 0.25) is 5.75 Å². The number of nitrogens with one attached hydrogen (secondary N) is 1. The van der Waals surface area contributed by atoms with Crippen molar-refractivity contribution in [2.45, 2.75) is 39.5 Å². The van der Waals surface area contributed by atoms with E-state index < -0.39 is 22.3 Å². The monoisotopic (exact) mass is 294 g/mol. The predicted molar refractivity (Wildman–Crippen MR) is 80.4 cm³/mol. The lowest BCUT2D eigenvalue weighted by Gasteiger charge is -2.15. The van der Waals surface area contributed by atoms with Gasteiger partial charge in [-0.1, -0.05) is 39.2 Å². The molecule has 1 aromatic rings. The van der Waals surface area contributed by atoms with Crippen LogP contribution in [0.3, 0.4) is 0 Å². The number of aromatic hydroxyl groups is 1. The topological polar surface area (TPSA) is 92.5 Å². The Bertz CT molecular complexity index is 502. The largest absolute Gasteiger partial charge is 0.502 e. The number of hydrogen-bond acceptors (Lipinski definition) is 4. The van der Waals surface area contributed by atoms with Crippen LogP contribution in [-0.4, -0.2) is 22.5 Å².